The second kappa shape index (κ2) is 8.73. The van der Waals surface area contributed by atoms with Crippen molar-refractivity contribution in [1.29, 1.82) is 0 Å². The van der Waals surface area contributed by atoms with Crippen LogP contribution in [0.2, 0.25) is 0 Å². The smallest absolute Gasteiger partial charge is 0.271 e. The lowest BCUT2D eigenvalue weighted by Crippen LogP contribution is -2.25. The molecule has 23 heavy (non-hydrogen) atoms. The van der Waals surface area contributed by atoms with Crippen molar-refractivity contribution >= 4 is 11.7 Å². The van der Waals surface area contributed by atoms with Crippen molar-refractivity contribution in [3.63, 3.8) is 0 Å². The van der Waals surface area contributed by atoms with E-state index in [-0.39, 0.29) is 5.91 Å². The third kappa shape index (κ3) is 5.25. The second-order valence-corrected chi connectivity index (χ2v) is 5.11. The van der Waals surface area contributed by atoms with Gasteiger partial charge >= 0.3 is 0 Å². The molecule has 0 saturated heterocycles. The lowest BCUT2D eigenvalue weighted by molar-refractivity contribution is 0.0947. The summed E-state index contributed by atoms with van der Waals surface area (Å²) in [4.78, 5) is 11.8. The maximum absolute atomic E-state index is 11.8. The Labute approximate surface area is 136 Å². The molecular formula is C17H22N4O2. The molecule has 1 heterocycles. The SMILES string of the molecule is CCCCNC(=O)c1ccc(NCc2ccc(OC)cc2)nn1. The van der Waals surface area contributed by atoms with E-state index < -0.39 is 0 Å². The van der Waals surface area contributed by atoms with Crippen LogP contribution in [0.3, 0.4) is 0 Å². The summed E-state index contributed by atoms with van der Waals surface area (Å²) >= 11 is 0. The number of ether oxygens (including phenoxy) is 1. The maximum atomic E-state index is 11.8. The molecule has 2 rings (SSSR count). The number of amides is 1. The Kier molecular flexibility index (Phi) is 6.35. The zero-order valence-electron chi connectivity index (χ0n) is 13.5. The molecular weight excluding hydrogens is 292 g/mol. The molecule has 0 aliphatic rings. The van der Waals surface area contributed by atoms with Crippen LogP contribution in [0.5, 0.6) is 5.75 Å². The molecule has 2 aromatic rings. The van der Waals surface area contributed by atoms with Crippen LogP contribution in [0.15, 0.2) is 36.4 Å². The molecule has 0 spiro atoms. The van der Waals surface area contributed by atoms with E-state index in [1.165, 1.54) is 0 Å². The van der Waals surface area contributed by atoms with Gasteiger partial charge < -0.3 is 15.4 Å². The minimum Gasteiger partial charge on any atom is -0.497 e. The zero-order chi connectivity index (χ0) is 16.5. The maximum Gasteiger partial charge on any atom is 0.271 e. The molecule has 0 aliphatic carbocycles. The lowest BCUT2D eigenvalue weighted by atomic mass is 10.2. The quantitative estimate of drug-likeness (QED) is 0.733. The monoisotopic (exact) mass is 314 g/mol. The van der Waals surface area contributed by atoms with Crippen LogP contribution in [0.4, 0.5) is 5.82 Å². The van der Waals surface area contributed by atoms with Crippen LogP contribution < -0.4 is 15.4 Å². The highest BCUT2D eigenvalue weighted by Crippen LogP contribution is 2.12. The minimum absolute atomic E-state index is 0.187. The number of methoxy groups -OCH3 is 1. The van der Waals surface area contributed by atoms with Crippen molar-refractivity contribution in [2.75, 3.05) is 19.0 Å². The van der Waals surface area contributed by atoms with Gasteiger partial charge in [-0.05, 0) is 36.2 Å². The summed E-state index contributed by atoms with van der Waals surface area (Å²) in [5, 5.41) is 14.0. The standard InChI is InChI=1S/C17H22N4O2/c1-3-4-11-18-17(22)15-9-10-16(21-20-15)19-12-13-5-7-14(23-2)8-6-13/h5-10H,3-4,11-12H2,1-2H3,(H,18,22)(H,19,21). The number of nitrogens with one attached hydrogen (secondary N) is 2. The molecule has 2 N–H and O–H groups in total. The molecule has 0 saturated carbocycles. The fourth-order valence-corrected chi connectivity index (χ4v) is 1.95. The Balaban J connectivity index is 1.85. The summed E-state index contributed by atoms with van der Waals surface area (Å²) in [6.45, 7) is 3.37. The van der Waals surface area contributed by atoms with Gasteiger partial charge in [-0.15, -0.1) is 10.2 Å². The van der Waals surface area contributed by atoms with Crippen molar-refractivity contribution in [3.05, 3.63) is 47.7 Å². The van der Waals surface area contributed by atoms with Gasteiger partial charge in [0.05, 0.1) is 7.11 Å². The van der Waals surface area contributed by atoms with Crippen LogP contribution in [0, 0.1) is 0 Å². The first-order chi connectivity index (χ1) is 11.2. The Hall–Kier alpha value is -2.63. The van der Waals surface area contributed by atoms with Gasteiger partial charge in [-0.1, -0.05) is 25.5 Å². The molecule has 1 aromatic carbocycles. The topological polar surface area (TPSA) is 76.1 Å². The number of anilines is 1. The van der Waals surface area contributed by atoms with E-state index in [9.17, 15) is 4.79 Å². The molecule has 0 unspecified atom stereocenters. The number of hydrogen-bond donors (Lipinski definition) is 2. The van der Waals surface area contributed by atoms with Gasteiger partial charge in [0.1, 0.15) is 11.6 Å². The third-order valence-corrected chi connectivity index (χ3v) is 3.35. The fraction of sp³-hybridized carbons (Fsp3) is 0.353. The van der Waals surface area contributed by atoms with Crippen LogP contribution in [0.1, 0.15) is 35.8 Å². The summed E-state index contributed by atoms with van der Waals surface area (Å²) in [5.74, 6) is 1.27. The molecule has 0 bridgehead atoms. The number of benzene rings is 1. The summed E-state index contributed by atoms with van der Waals surface area (Å²) in [6.07, 6.45) is 2.00. The lowest BCUT2D eigenvalue weighted by Gasteiger charge is -2.07. The van der Waals surface area contributed by atoms with E-state index in [1.54, 1.807) is 19.2 Å². The highest BCUT2D eigenvalue weighted by atomic mass is 16.5. The predicted molar refractivity (Wildman–Crippen MR) is 89.6 cm³/mol. The Morgan fingerprint density at radius 3 is 2.52 bits per heavy atom. The van der Waals surface area contributed by atoms with E-state index in [0.717, 1.165) is 24.2 Å². The van der Waals surface area contributed by atoms with E-state index >= 15 is 0 Å². The number of unbranched alkanes of at least 4 members (excludes halogenated alkanes) is 1. The first-order valence-electron chi connectivity index (χ1n) is 7.71. The molecule has 122 valence electrons. The third-order valence-electron chi connectivity index (χ3n) is 3.35. The molecule has 0 atom stereocenters. The zero-order valence-corrected chi connectivity index (χ0v) is 13.5. The molecule has 0 fully saturated rings. The van der Waals surface area contributed by atoms with Crippen molar-refractivity contribution in [2.45, 2.75) is 26.3 Å². The molecule has 0 radical (unpaired) electrons. The van der Waals surface area contributed by atoms with E-state index in [4.69, 9.17) is 4.74 Å². The molecule has 1 aromatic heterocycles. The predicted octanol–water partition coefficient (Wildman–Crippen LogP) is 2.63. The van der Waals surface area contributed by atoms with E-state index in [1.807, 2.05) is 24.3 Å². The Bertz CT molecular complexity index is 611. The fourth-order valence-electron chi connectivity index (χ4n) is 1.95. The van der Waals surface area contributed by atoms with Crippen molar-refractivity contribution in [1.82, 2.24) is 15.5 Å². The summed E-state index contributed by atoms with van der Waals surface area (Å²) in [6, 6.07) is 11.2. The number of carbonyl (C=O) groups is 1. The van der Waals surface area contributed by atoms with Crippen LogP contribution in [0.25, 0.3) is 0 Å². The average molecular weight is 314 g/mol. The van der Waals surface area contributed by atoms with Crippen LogP contribution in [-0.2, 0) is 6.54 Å². The van der Waals surface area contributed by atoms with Crippen molar-refractivity contribution < 1.29 is 9.53 Å². The number of carbonyl (C=O) groups excluding carboxylic acids is 1. The molecule has 1 amide bonds. The van der Waals surface area contributed by atoms with Gasteiger partial charge in [0.15, 0.2) is 5.69 Å². The van der Waals surface area contributed by atoms with Crippen LogP contribution >= 0.6 is 0 Å². The number of aromatic nitrogens is 2. The summed E-state index contributed by atoms with van der Waals surface area (Å²) in [7, 11) is 1.64. The minimum atomic E-state index is -0.187. The van der Waals surface area contributed by atoms with E-state index in [2.05, 4.69) is 27.8 Å². The highest BCUT2D eigenvalue weighted by molar-refractivity contribution is 5.92. The Morgan fingerprint density at radius 1 is 1.13 bits per heavy atom. The molecule has 6 heteroatoms. The first-order valence-corrected chi connectivity index (χ1v) is 7.71. The van der Waals surface area contributed by atoms with Crippen molar-refractivity contribution in [3.8, 4) is 5.75 Å². The molecule has 6 nitrogen and oxygen atoms in total. The normalized spacial score (nSPS) is 10.2. The summed E-state index contributed by atoms with van der Waals surface area (Å²) in [5.41, 5.74) is 1.44. The van der Waals surface area contributed by atoms with Gasteiger partial charge in [0.25, 0.3) is 5.91 Å². The number of hydrogen-bond acceptors (Lipinski definition) is 5. The molecule has 0 aliphatic heterocycles. The van der Waals surface area contributed by atoms with Gasteiger partial charge in [-0.25, -0.2) is 0 Å². The van der Waals surface area contributed by atoms with Gasteiger partial charge in [0, 0.05) is 13.1 Å². The van der Waals surface area contributed by atoms with Gasteiger partial charge in [-0.2, -0.15) is 0 Å². The second-order valence-electron chi connectivity index (χ2n) is 5.11. The largest absolute Gasteiger partial charge is 0.497 e. The Morgan fingerprint density at radius 2 is 1.91 bits per heavy atom. The highest BCUT2D eigenvalue weighted by Gasteiger charge is 2.07. The van der Waals surface area contributed by atoms with Crippen LogP contribution in [-0.4, -0.2) is 29.8 Å². The number of rotatable bonds is 8. The van der Waals surface area contributed by atoms with Gasteiger partial charge in [0.2, 0.25) is 0 Å². The number of nitrogens with zero attached hydrogens (tertiary/aromatic N) is 2. The van der Waals surface area contributed by atoms with Crippen molar-refractivity contribution in [2.24, 2.45) is 0 Å². The van der Waals surface area contributed by atoms with E-state index in [0.29, 0.717) is 24.6 Å². The van der Waals surface area contributed by atoms with Gasteiger partial charge in [-0.3, -0.25) is 4.79 Å². The first kappa shape index (κ1) is 16.7. The average Bonchev–Trinajstić information content (AvgIpc) is 2.61. The summed E-state index contributed by atoms with van der Waals surface area (Å²) < 4.78 is 5.12.